The Morgan fingerprint density at radius 1 is 0.412 bits per heavy atom. The van der Waals surface area contributed by atoms with Gasteiger partial charge in [0.05, 0.1) is 53.3 Å². The molecule has 10 rings (SSSR count). The van der Waals surface area contributed by atoms with Gasteiger partial charge in [0.15, 0.2) is 0 Å². The predicted molar refractivity (Wildman–Crippen MR) is 218 cm³/mol. The van der Waals surface area contributed by atoms with Crippen molar-refractivity contribution in [1.29, 1.82) is 0 Å². The fourth-order valence-corrected chi connectivity index (χ4v) is 11.5. The van der Waals surface area contributed by atoms with Gasteiger partial charge >= 0.3 is 0 Å². The maximum absolute atomic E-state index is 13.2. The van der Waals surface area contributed by atoms with E-state index in [9.17, 15) is 19.2 Å². The largest absolute Gasteiger partial charge is 0.489 e. The molecule has 0 amide bonds. The molecule has 4 unspecified atom stereocenters. The van der Waals surface area contributed by atoms with Gasteiger partial charge in [0, 0.05) is 268 Å². The molecule has 68 heavy (non-hydrogen) atoms. The number of fused-ring (bicyclic) bond motifs is 4. The number of ketones is 4. The van der Waals surface area contributed by atoms with Crippen LogP contribution in [0.5, 0.6) is 46.0 Å². The van der Waals surface area contributed by atoms with Crippen LogP contribution in [0.25, 0.3) is 11.1 Å². The average molecular weight is 1580 g/mol. The minimum atomic E-state index is -1.88. The van der Waals surface area contributed by atoms with Gasteiger partial charge in [-0.15, -0.1) is 0 Å². The Hall–Kier alpha value is 2.95. The molecule has 4 atom stereocenters. The first-order chi connectivity index (χ1) is 29.3. The van der Waals surface area contributed by atoms with Crippen LogP contribution in [0, 0.1) is 48.5 Å². The summed E-state index contributed by atoms with van der Waals surface area (Å²) in [5.74, 6) is 1.22. The zero-order chi connectivity index (χ0) is 40.7. The third-order valence-electron chi connectivity index (χ3n) is 9.07. The Balaban J connectivity index is 0.00000198. The van der Waals surface area contributed by atoms with Crippen molar-refractivity contribution in [3.63, 3.8) is 0 Å². The summed E-state index contributed by atoms with van der Waals surface area (Å²) in [6, 6.07) is 45.5. The van der Waals surface area contributed by atoms with Gasteiger partial charge in [0.2, 0.25) is 0 Å². The van der Waals surface area contributed by atoms with Crippen molar-refractivity contribution >= 4 is 56.6 Å². The second kappa shape index (κ2) is 31.4. The van der Waals surface area contributed by atoms with E-state index in [1.54, 1.807) is 60.7 Å². The van der Waals surface area contributed by atoms with E-state index < -0.39 is 33.5 Å². The number of rotatable bonds is 9. The Labute approximate surface area is 599 Å². The summed E-state index contributed by atoms with van der Waals surface area (Å²) in [6.45, 7) is 0. The fourth-order valence-electron chi connectivity index (χ4n) is 6.41. The Bertz CT molecular complexity index is 2580. The molecule has 6 aromatic rings. The molecule has 8 radical (unpaired) electrons. The van der Waals surface area contributed by atoms with E-state index >= 15 is 0 Å². The van der Waals surface area contributed by atoms with Crippen LogP contribution < -0.4 is 36.2 Å². The molecule has 4 heterocycles. The normalized spacial score (nSPS) is 17.7. The number of Topliss-reactive ketones (excluding diaryl/α,β-unsaturated/α-hetero) is 4. The van der Waals surface area contributed by atoms with Crippen LogP contribution in [0.15, 0.2) is 84.9 Å². The first kappa shape index (κ1) is 67.1. The van der Waals surface area contributed by atoms with Gasteiger partial charge in [-0.05, 0) is 29.8 Å². The van der Waals surface area contributed by atoms with Gasteiger partial charge in [-0.2, -0.15) is 22.3 Å². The second-order valence-corrected chi connectivity index (χ2v) is 18.5. The van der Waals surface area contributed by atoms with Crippen molar-refractivity contribution in [2.75, 3.05) is 24.6 Å². The van der Waals surface area contributed by atoms with Crippen LogP contribution in [0.4, 0.5) is 0 Å². The Kier molecular flexibility index (Phi) is 30.9. The van der Waals surface area contributed by atoms with Gasteiger partial charge < -0.3 is 128 Å². The first-order valence-corrected chi connectivity index (χ1v) is 23.4. The van der Waals surface area contributed by atoms with Gasteiger partial charge in [0.1, 0.15) is 23.0 Å². The minimum absolute atomic E-state index is 0. The van der Waals surface area contributed by atoms with Crippen LogP contribution in [-0.2, 0) is 262 Å². The smallest absolute Gasteiger partial charge is 0.292 e. The molecule has 322 valence electrons. The van der Waals surface area contributed by atoms with Crippen LogP contribution >= 0.6 is 33.5 Å². The monoisotopic (exact) mass is 1580 g/mol. The van der Waals surface area contributed by atoms with E-state index in [2.05, 4.69) is 48.5 Å². The molecule has 12 nitrogen and oxygen atoms in total. The summed E-state index contributed by atoms with van der Waals surface area (Å²) in [4.78, 5) is 52.7. The quantitative estimate of drug-likeness (QED) is 0.101. The van der Waals surface area contributed by atoms with E-state index in [0.717, 1.165) is 0 Å². The summed E-state index contributed by atoms with van der Waals surface area (Å²) >= 11 is 0. The van der Waals surface area contributed by atoms with Gasteiger partial charge in [-0.1, -0.05) is 29.1 Å². The number of hydrogen-bond donors (Lipinski definition) is 0. The molecule has 0 aliphatic carbocycles. The van der Waals surface area contributed by atoms with Crippen molar-refractivity contribution in [2.24, 2.45) is 0 Å². The summed E-state index contributed by atoms with van der Waals surface area (Å²) < 4.78 is 50.4. The maximum atomic E-state index is 13.2. The van der Waals surface area contributed by atoms with Crippen molar-refractivity contribution in [1.82, 2.24) is 0 Å². The van der Waals surface area contributed by atoms with E-state index in [1.807, 2.05) is 0 Å². The zero-order valence-electron chi connectivity index (χ0n) is 35.2. The third kappa shape index (κ3) is 16.0. The third-order valence-corrected chi connectivity index (χ3v) is 14.4. The number of carbonyl (C=O) groups is 4. The summed E-state index contributed by atoms with van der Waals surface area (Å²) in [6.07, 6.45) is -0.202. The van der Waals surface area contributed by atoms with Crippen molar-refractivity contribution in [3.05, 3.63) is 156 Å². The standard InChI is InChI=1S/C44H22O12P4.8Y/c45-34-23-57(51-38-14-5-1-10-30(34)38)49-28-20-27(21-29(22-28)50-58-24-35(46)31-11-2-6-15-39(31)52-58)44-42(55-59-25-36(47)32-12-3-7-16-40(32)53-59)18-9-19-43(44)56-60-26-37(48)33-13-4-8-17-41(33)54-60;;;;;;;;/h5-13,18-22H,23-26H2;;;;;;;;/q-8;;;;;;;;. The van der Waals surface area contributed by atoms with Crippen LogP contribution in [0.3, 0.4) is 0 Å². The molecule has 0 aromatic heterocycles. The molecule has 0 spiro atoms. The van der Waals surface area contributed by atoms with Crippen LogP contribution in [-0.4, -0.2) is 47.8 Å². The average Bonchev–Trinajstić information content (AvgIpc) is 3.24. The number of hydrogen-bond acceptors (Lipinski definition) is 12. The minimum Gasteiger partial charge on any atom is -0.489 e. The van der Waals surface area contributed by atoms with E-state index in [4.69, 9.17) is 36.2 Å². The predicted octanol–water partition coefficient (Wildman–Crippen LogP) is 9.60. The molecule has 6 aromatic carbocycles. The van der Waals surface area contributed by atoms with Crippen LogP contribution in [0.2, 0.25) is 0 Å². The number of benzene rings is 6. The summed E-state index contributed by atoms with van der Waals surface area (Å²) in [7, 11) is -7.46. The first-order valence-electron chi connectivity index (χ1n) is 17.9. The van der Waals surface area contributed by atoms with Crippen molar-refractivity contribution in [3.8, 4) is 57.1 Å². The van der Waals surface area contributed by atoms with Crippen LogP contribution in [0.1, 0.15) is 41.4 Å². The zero-order valence-corrected chi connectivity index (χ0v) is 61.5. The van der Waals surface area contributed by atoms with Crippen molar-refractivity contribution in [2.45, 2.75) is 0 Å². The molecular formula is C44H22O12P4Y8-8. The Morgan fingerprint density at radius 3 is 1.01 bits per heavy atom. The molecule has 0 bridgehead atoms. The topological polar surface area (TPSA) is 142 Å². The molecule has 24 heteroatoms. The van der Waals surface area contributed by atoms with Gasteiger partial charge in [-0.25, -0.2) is 0 Å². The van der Waals surface area contributed by atoms with E-state index in [0.29, 0.717) is 33.4 Å². The van der Waals surface area contributed by atoms with Crippen molar-refractivity contribution < 1.29 is 317 Å². The van der Waals surface area contributed by atoms with E-state index in [-0.39, 0.29) is 355 Å². The van der Waals surface area contributed by atoms with E-state index in [1.165, 1.54) is 24.3 Å². The molecule has 0 saturated heterocycles. The summed E-state index contributed by atoms with van der Waals surface area (Å²) in [5, 5.41) is 0. The molecule has 0 fully saturated rings. The maximum Gasteiger partial charge on any atom is 0.292 e. The van der Waals surface area contributed by atoms with Gasteiger partial charge in [-0.3, -0.25) is 24.3 Å². The SMILES string of the molecule is O=C1CP(Oc2cc(OP3CC(=O)c4c[c-]c[c-]c4O3)cc(-c3c(OP4CC(=O)c5c[c-]c[c-]c5O4)cccc3OP3CC(=O)c4c[c-]c[c-]c4O3)c2)Oc2[c-]c[c-]cc21.[Y].[Y].[Y].[Y].[Y].[Y].[Y].[Y]. The molecule has 4 aliphatic heterocycles. The summed E-state index contributed by atoms with van der Waals surface area (Å²) in [5.41, 5.74) is 2.21. The molecular weight excluding hydrogens is 1560 g/mol. The molecule has 0 saturated carbocycles. The molecule has 0 N–H and O–H groups in total. The Morgan fingerprint density at radius 2 is 0.706 bits per heavy atom. The molecule has 4 aliphatic rings. The van der Waals surface area contributed by atoms with Gasteiger partial charge in [0.25, 0.3) is 33.5 Å². The number of carbonyl (C=O) groups excluding carboxylic acids is 4. The second-order valence-electron chi connectivity index (χ2n) is 13.1. The fraction of sp³-hybridized carbons (Fsp3) is 0.0909.